The van der Waals surface area contributed by atoms with Gasteiger partial charge in [0.15, 0.2) is 0 Å². The maximum Gasteiger partial charge on any atom is 0.407 e. The molecule has 3 N–H and O–H groups in total. The van der Waals surface area contributed by atoms with E-state index in [1.807, 2.05) is 12.1 Å². The molecule has 28 heavy (non-hydrogen) atoms. The van der Waals surface area contributed by atoms with Gasteiger partial charge in [0.05, 0.1) is 11.1 Å². The molecule has 0 spiro atoms. The van der Waals surface area contributed by atoms with Crippen molar-refractivity contribution in [3.05, 3.63) is 45.4 Å². The third kappa shape index (κ3) is 3.79. The molecular weight excluding hydrogens is 402 g/mol. The number of benzene rings is 1. The van der Waals surface area contributed by atoms with E-state index in [-0.39, 0.29) is 29.7 Å². The van der Waals surface area contributed by atoms with Crippen LogP contribution in [0.15, 0.2) is 29.6 Å². The van der Waals surface area contributed by atoms with E-state index in [1.54, 1.807) is 17.5 Å². The zero-order valence-corrected chi connectivity index (χ0v) is 16.5. The van der Waals surface area contributed by atoms with Crippen LogP contribution >= 0.6 is 22.9 Å². The van der Waals surface area contributed by atoms with Gasteiger partial charge in [0.25, 0.3) is 5.91 Å². The number of fused-ring (bicyclic) bond motifs is 1. The number of ether oxygens (including phenoxy) is 1. The standard InChI is InChI=1S/C19H20ClN3O4S/c20-11-1-3-12(4-2-11)27-13-5-10-8-23(19(25)26)16(14(10)6-13)7-17-22-15(9-28-17)18(21)24/h1-4,9-10,13-14,16H,5-8H2,(H2,21,24)(H,25,26)/t10-,13-,14-,16?/m0/s1. The van der Waals surface area contributed by atoms with Gasteiger partial charge in [-0.15, -0.1) is 11.3 Å². The average molecular weight is 422 g/mol. The summed E-state index contributed by atoms with van der Waals surface area (Å²) in [5, 5.41) is 12.6. The normalized spacial score (nSPS) is 26.2. The molecule has 1 aliphatic carbocycles. The van der Waals surface area contributed by atoms with Gasteiger partial charge < -0.3 is 20.5 Å². The third-order valence-corrected chi connectivity index (χ3v) is 6.71. The van der Waals surface area contributed by atoms with Crippen LogP contribution in [-0.4, -0.2) is 45.7 Å². The number of nitrogens with zero attached hydrogens (tertiary/aromatic N) is 2. The zero-order valence-electron chi connectivity index (χ0n) is 15.0. The number of primary amides is 1. The Kier molecular flexibility index (Phi) is 5.16. The number of carbonyl (C=O) groups is 2. The van der Waals surface area contributed by atoms with Crippen LogP contribution in [0.5, 0.6) is 5.75 Å². The molecule has 2 aliphatic rings. The van der Waals surface area contributed by atoms with Crippen LogP contribution in [0.25, 0.3) is 0 Å². The van der Waals surface area contributed by atoms with Crippen LogP contribution in [0.1, 0.15) is 28.3 Å². The molecule has 1 saturated heterocycles. The van der Waals surface area contributed by atoms with Gasteiger partial charge >= 0.3 is 6.09 Å². The highest BCUT2D eigenvalue weighted by molar-refractivity contribution is 7.09. The first-order valence-corrected chi connectivity index (χ1v) is 10.3. The van der Waals surface area contributed by atoms with Crippen molar-refractivity contribution in [2.24, 2.45) is 17.6 Å². The molecule has 148 valence electrons. The second-order valence-electron chi connectivity index (χ2n) is 7.29. The summed E-state index contributed by atoms with van der Waals surface area (Å²) in [6.07, 6.45) is 1.22. The second kappa shape index (κ2) is 7.60. The minimum Gasteiger partial charge on any atom is -0.490 e. The summed E-state index contributed by atoms with van der Waals surface area (Å²) in [6.45, 7) is 0.499. The van der Waals surface area contributed by atoms with Crippen LogP contribution in [-0.2, 0) is 6.42 Å². The van der Waals surface area contributed by atoms with Gasteiger partial charge in [-0.1, -0.05) is 11.6 Å². The van der Waals surface area contributed by atoms with E-state index >= 15 is 0 Å². The lowest BCUT2D eigenvalue weighted by Gasteiger charge is -2.26. The monoisotopic (exact) mass is 421 g/mol. The number of likely N-dealkylation sites (tertiary alicyclic amines) is 1. The number of nitrogens with two attached hydrogens (primary N) is 1. The van der Waals surface area contributed by atoms with Crippen LogP contribution in [0.2, 0.25) is 5.02 Å². The second-order valence-corrected chi connectivity index (χ2v) is 8.67. The first-order valence-electron chi connectivity index (χ1n) is 9.06. The van der Waals surface area contributed by atoms with E-state index in [0.29, 0.717) is 18.0 Å². The molecular formula is C19H20ClN3O4S. The molecule has 1 aliphatic heterocycles. The maximum atomic E-state index is 11.7. The summed E-state index contributed by atoms with van der Waals surface area (Å²) in [5.74, 6) is 0.662. The molecule has 7 nitrogen and oxygen atoms in total. The van der Waals surface area contributed by atoms with E-state index in [4.69, 9.17) is 22.1 Å². The molecule has 2 amide bonds. The van der Waals surface area contributed by atoms with Crippen LogP contribution in [0.3, 0.4) is 0 Å². The number of carbonyl (C=O) groups excluding carboxylic acids is 1. The van der Waals surface area contributed by atoms with Crippen molar-refractivity contribution in [1.29, 1.82) is 0 Å². The average Bonchev–Trinajstić information content (AvgIpc) is 3.33. The van der Waals surface area contributed by atoms with Gasteiger partial charge in [-0.2, -0.15) is 0 Å². The molecule has 2 heterocycles. The van der Waals surface area contributed by atoms with Gasteiger partial charge in [0.1, 0.15) is 11.4 Å². The fourth-order valence-electron chi connectivity index (χ4n) is 4.39. The highest BCUT2D eigenvalue weighted by Gasteiger charge is 2.50. The smallest absolute Gasteiger partial charge is 0.407 e. The van der Waals surface area contributed by atoms with Crippen molar-refractivity contribution < 1.29 is 19.4 Å². The number of hydrogen-bond acceptors (Lipinski definition) is 5. The molecule has 1 saturated carbocycles. The largest absolute Gasteiger partial charge is 0.490 e. The fourth-order valence-corrected chi connectivity index (χ4v) is 5.35. The van der Waals surface area contributed by atoms with Gasteiger partial charge in [0, 0.05) is 29.4 Å². The lowest BCUT2D eigenvalue weighted by Crippen LogP contribution is -2.39. The van der Waals surface area contributed by atoms with Crippen molar-refractivity contribution in [3.8, 4) is 5.75 Å². The Hall–Kier alpha value is -2.32. The van der Waals surface area contributed by atoms with Gasteiger partial charge in [-0.25, -0.2) is 9.78 Å². The third-order valence-electron chi connectivity index (χ3n) is 5.58. The van der Waals surface area contributed by atoms with Crippen LogP contribution < -0.4 is 10.5 Å². The molecule has 2 fully saturated rings. The molecule has 1 aromatic carbocycles. The Bertz CT molecular complexity index is 888. The number of rotatable bonds is 5. The molecule has 4 atom stereocenters. The number of aromatic nitrogens is 1. The molecule has 4 rings (SSSR count). The Balaban J connectivity index is 1.47. The molecule has 0 bridgehead atoms. The molecule has 1 aromatic heterocycles. The zero-order chi connectivity index (χ0) is 19.8. The summed E-state index contributed by atoms with van der Waals surface area (Å²) < 4.78 is 6.10. The fraction of sp³-hybridized carbons (Fsp3) is 0.421. The Morgan fingerprint density at radius 1 is 1.32 bits per heavy atom. The predicted molar refractivity (Wildman–Crippen MR) is 105 cm³/mol. The minimum atomic E-state index is -0.916. The topological polar surface area (TPSA) is 106 Å². The quantitative estimate of drug-likeness (QED) is 0.770. The molecule has 2 aromatic rings. The first kappa shape index (κ1) is 19.0. The lowest BCUT2D eigenvalue weighted by molar-refractivity contribution is 0.0995. The number of carboxylic acid groups (broad SMARTS) is 1. The maximum absolute atomic E-state index is 11.7. The number of amides is 2. The van der Waals surface area contributed by atoms with Gasteiger partial charge in [0.2, 0.25) is 0 Å². The van der Waals surface area contributed by atoms with Crippen molar-refractivity contribution in [2.75, 3.05) is 6.54 Å². The van der Waals surface area contributed by atoms with E-state index in [2.05, 4.69) is 4.98 Å². The summed E-state index contributed by atoms with van der Waals surface area (Å²) in [6, 6.07) is 7.10. The van der Waals surface area contributed by atoms with Crippen molar-refractivity contribution in [3.63, 3.8) is 0 Å². The number of thiazole rings is 1. The minimum absolute atomic E-state index is 0.0482. The highest BCUT2D eigenvalue weighted by atomic mass is 35.5. The highest BCUT2D eigenvalue weighted by Crippen LogP contribution is 2.44. The summed E-state index contributed by atoms with van der Waals surface area (Å²) in [4.78, 5) is 28.8. The summed E-state index contributed by atoms with van der Waals surface area (Å²) >= 11 is 7.26. The van der Waals surface area contributed by atoms with Gasteiger partial charge in [-0.05, 0) is 48.9 Å². The van der Waals surface area contributed by atoms with Crippen molar-refractivity contribution in [1.82, 2.24) is 9.88 Å². The van der Waals surface area contributed by atoms with E-state index < -0.39 is 12.0 Å². The van der Waals surface area contributed by atoms with E-state index in [1.165, 1.54) is 16.2 Å². The summed E-state index contributed by atoms with van der Waals surface area (Å²) in [5.41, 5.74) is 5.50. The van der Waals surface area contributed by atoms with Crippen molar-refractivity contribution in [2.45, 2.75) is 31.4 Å². The molecule has 0 radical (unpaired) electrons. The van der Waals surface area contributed by atoms with Gasteiger partial charge in [-0.3, -0.25) is 4.79 Å². The van der Waals surface area contributed by atoms with Crippen molar-refractivity contribution >= 4 is 34.9 Å². The Labute approximate surface area is 171 Å². The SMILES string of the molecule is NC(=O)c1csc(CC2[C@H]3C[C@@H](Oc4ccc(Cl)cc4)C[C@H]3CN2C(=O)O)n1. The number of hydrogen-bond donors (Lipinski definition) is 2. The number of halogens is 1. The molecule has 9 heteroatoms. The first-order chi connectivity index (χ1) is 13.4. The molecule has 1 unspecified atom stereocenters. The summed E-state index contributed by atoms with van der Waals surface area (Å²) in [7, 11) is 0. The Morgan fingerprint density at radius 2 is 2.07 bits per heavy atom. The predicted octanol–water partition coefficient (Wildman–Crippen LogP) is 3.27. The van der Waals surface area contributed by atoms with E-state index in [0.717, 1.165) is 23.6 Å². The Morgan fingerprint density at radius 3 is 2.71 bits per heavy atom. The van der Waals surface area contributed by atoms with Crippen LogP contribution in [0, 0.1) is 11.8 Å². The lowest BCUT2D eigenvalue weighted by atomic mass is 9.92. The van der Waals surface area contributed by atoms with E-state index in [9.17, 15) is 14.7 Å². The van der Waals surface area contributed by atoms with Crippen LogP contribution in [0.4, 0.5) is 4.79 Å².